The third kappa shape index (κ3) is 2.39. The second-order valence-electron chi connectivity index (χ2n) is 5.68. The van der Waals surface area contributed by atoms with Crippen molar-refractivity contribution in [1.29, 1.82) is 0 Å². The van der Waals surface area contributed by atoms with Crippen molar-refractivity contribution in [2.24, 2.45) is 0 Å². The molecule has 110 valence electrons. The molecule has 2 aromatic rings. The van der Waals surface area contributed by atoms with Crippen molar-refractivity contribution in [1.82, 2.24) is 0 Å². The van der Waals surface area contributed by atoms with E-state index < -0.39 is 0 Å². The van der Waals surface area contributed by atoms with E-state index in [9.17, 15) is 0 Å². The highest BCUT2D eigenvalue weighted by Gasteiger charge is 2.24. The SMILES string of the molecule is C=Cc1c(/C=C\C)oc2c1C=CC(C)(c1ccccc1)C=C2. The summed E-state index contributed by atoms with van der Waals surface area (Å²) >= 11 is 0. The molecule has 0 amide bonds. The minimum absolute atomic E-state index is 0.137. The Hall–Kier alpha value is -2.54. The highest BCUT2D eigenvalue weighted by atomic mass is 16.3. The maximum atomic E-state index is 5.98. The van der Waals surface area contributed by atoms with Gasteiger partial charge in [0.1, 0.15) is 11.5 Å². The number of benzene rings is 1. The predicted octanol–water partition coefficient (Wildman–Crippen LogP) is 5.95. The van der Waals surface area contributed by atoms with Crippen LogP contribution < -0.4 is 0 Å². The Labute approximate surface area is 132 Å². The lowest BCUT2D eigenvalue weighted by molar-refractivity contribution is 0.545. The zero-order valence-corrected chi connectivity index (χ0v) is 13.0. The summed E-state index contributed by atoms with van der Waals surface area (Å²) in [6, 6.07) is 10.5. The average Bonchev–Trinajstić information content (AvgIpc) is 2.79. The van der Waals surface area contributed by atoms with Crippen LogP contribution in [0, 0.1) is 0 Å². The van der Waals surface area contributed by atoms with Crippen molar-refractivity contribution in [2.45, 2.75) is 19.3 Å². The zero-order valence-electron chi connectivity index (χ0n) is 13.0. The van der Waals surface area contributed by atoms with Crippen LogP contribution in [-0.2, 0) is 5.41 Å². The first-order valence-electron chi connectivity index (χ1n) is 7.54. The molecule has 1 nitrogen and oxygen atoms in total. The molecular formula is C21H20O. The molecule has 1 aromatic carbocycles. The molecule has 1 heteroatoms. The van der Waals surface area contributed by atoms with Crippen LogP contribution in [-0.4, -0.2) is 0 Å². The molecule has 0 bridgehead atoms. The highest BCUT2D eigenvalue weighted by molar-refractivity contribution is 5.78. The van der Waals surface area contributed by atoms with E-state index in [0.717, 1.165) is 22.6 Å². The Balaban J connectivity index is 2.10. The minimum Gasteiger partial charge on any atom is -0.456 e. The summed E-state index contributed by atoms with van der Waals surface area (Å²) in [4.78, 5) is 0. The van der Waals surface area contributed by atoms with Crippen LogP contribution in [0.1, 0.15) is 42.1 Å². The number of hydrogen-bond acceptors (Lipinski definition) is 1. The van der Waals surface area contributed by atoms with Gasteiger partial charge < -0.3 is 4.42 Å². The Morgan fingerprint density at radius 2 is 1.82 bits per heavy atom. The first-order valence-corrected chi connectivity index (χ1v) is 7.54. The lowest BCUT2D eigenvalue weighted by Gasteiger charge is -2.21. The van der Waals surface area contributed by atoms with E-state index in [4.69, 9.17) is 4.42 Å². The second kappa shape index (κ2) is 5.69. The molecule has 0 saturated heterocycles. The van der Waals surface area contributed by atoms with Gasteiger partial charge in [0.15, 0.2) is 0 Å². The van der Waals surface area contributed by atoms with Crippen LogP contribution in [0.15, 0.2) is 59.6 Å². The van der Waals surface area contributed by atoms with E-state index in [-0.39, 0.29) is 5.41 Å². The van der Waals surface area contributed by atoms with E-state index >= 15 is 0 Å². The van der Waals surface area contributed by atoms with Gasteiger partial charge in [0, 0.05) is 16.5 Å². The lowest BCUT2D eigenvalue weighted by Crippen LogP contribution is -2.14. The number of rotatable bonds is 3. The standard InChI is InChI=1S/C21H20O/c1-4-9-19-17(5-2)18-12-14-21(3,15-13-20(18)22-19)16-10-7-6-8-11-16/h4-15H,2H2,1,3H3/b9-4-. The van der Waals surface area contributed by atoms with E-state index in [1.165, 1.54) is 5.56 Å². The molecule has 1 aromatic heterocycles. The number of fused-ring (bicyclic) bond motifs is 1. The van der Waals surface area contributed by atoms with Crippen molar-refractivity contribution in [2.75, 3.05) is 0 Å². The fraction of sp³-hybridized carbons (Fsp3) is 0.143. The molecule has 1 aliphatic carbocycles. The summed E-state index contributed by atoms with van der Waals surface area (Å²) < 4.78 is 5.98. The fourth-order valence-corrected chi connectivity index (χ4v) is 2.83. The van der Waals surface area contributed by atoms with E-state index in [0.29, 0.717) is 0 Å². The van der Waals surface area contributed by atoms with Crippen molar-refractivity contribution < 1.29 is 4.42 Å². The largest absolute Gasteiger partial charge is 0.456 e. The Morgan fingerprint density at radius 1 is 1.09 bits per heavy atom. The Bertz CT molecular complexity index is 772. The molecule has 1 heterocycles. The molecule has 1 atom stereocenters. The monoisotopic (exact) mass is 288 g/mol. The topological polar surface area (TPSA) is 13.1 Å². The van der Waals surface area contributed by atoms with Crippen LogP contribution in [0.3, 0.4) is 0 Å². The van der Waals surface area contributed by atoms with Crippen molar-refractivity contribution in [3.8, 4) is 0 Å². The van der Waals surface area contributed by atoms with Gasteiger partial charge in [-0.2, -0.15) is 0 Å². The van der Waals surface area contributed by atoms with Gasteiger partial charge in [0.05, 0.1) is 0 Å². The normalized spacial score (nSPS) is 20.1. The molecule has 0 N–H and O–H groups in total. The molecule has 0 fully saturated rings. The Morgan fingerprint density at radius 3 is 2.50 bits per heavy atom. The van der Waals surface area contributed by atoms with Crippen molar-refractivity contribution in [3.63, 3.8) is 0 Å². The minimum atomic E-state index is -0.137. The molecule has 3 rings (SSSR count). The van der Waals surface area contributed by atoms with Crippen LogP contribution >= 0.6 is 0 Å². The molecule has 22 heavy (non-hydrogen) atoms. The van der Waals surface area contributed by atoms with Gasteiger partial charge in [-0.25, -0.2) is 0 Å². The van der Waals surface area contributed by atoms with Crippen molar-refractivity contribution in [3.05, 3.63) is 83.3 Å². The average molecular weight is 288 g/mol. The van der Waals surface area contributed by atoms with Gasteiger partial charge in [0.2, 0.25) is 0 Å². The molecule has 0 spiro atoms. The summed E-state index contributed by atoms with van der Waals surface area (Å²) in [6.07, 6.45) is 14.5. The maximum absolute atomic E-state index is 5.98. The van der Waals surface area contributed by atoms with E-state index in [1.807, 2.05) is 31.2 Å². The van der Waals surface area contributed by atoms with Gasteiger partial charge in [-0.05, 0) is 31.6 Å². The van der Waals surface area contributed by atoms with Gasteiger partial charge in [-0.3, -0.25) is 0 Å². The number of furan rings is 1. The molecule has 1 unspecified atom stereocenters. The summed E-state index contributed by atoms with van der Waals surface area (Å²) in [5, 5.41) is 0. The highest BCUT2D eigenvalue weighted by Crippen LogP contribution is 2.36. The summed E-state index contributed by atoms with van der Waals surface area (Å²) in [5.41, 5.74) is 3.27. The molecule has 0 saturated carbocycles. The molecule has 0 radical (unpaired) electrons. The van der Waals surface area contributed by atoms with Crippen LogP contribution in [0.2, 0.25) is 0 Å². The molecule has 0 aliphatic heterocycles. The number of allylic oxidation sites excluding steroid dienone is 3. The summed E-state index contributed by atoms with van der Waals surface area (Å²) in [7, 11) is 0. The summed E-state index contributed by atoms with van der Waals surface area (Å²) in [5.74, 6) is 1.75. The van der Waals surface area contributed by atoms with Crippen LogP contribution in [0.5, 0.6) is 0 Å². The fourth-order valence-electron chi connectivity index (χ4n) is 2.83. The first-order chi connectivity index (χ1) is 10.7. The van der Waals surface area contributed by atoms with E-state index in [1.54, 1.807) is 0 Å². The zero-order chi connectivity index (χ0) is 15.6. The number of hydrogen-bond donors (Lipinski definition) is 0. The second-order valence-corrected chi connectivity index (χ2v) is 5.68. The van der Waals surface area contributed by atoms with E-state index in [2.05, 4.69) is 62.1 Å². The molecular weight excluding hydrogens is 268 g/mol. The third-order valence-electron chi connectivity index (χ3n) is 4.14. The van der Waals surface area contributed by atoms with Gasteiger partial charge >= 0.3 is 0 Å². The summed E-state index contributed by atoms with van der Waals surface area (Å²) in [6.45, 7) is 8.12. The lowest BCUT2D eigenvalue weighted by atomic mass is 9.82. The van der Waals surface area contributed by atoms with Crippen molar-refractivity contribution >= 4 is 24.3 Å². The van der Waals surface area contributed by atoms with Crippen LogP contribution in [0.4, 0.5) is 0 Å². The third-order valence-corrected chi connectivity index (χ3v) is 4.14. The van der Waals surface area contributed by atoms with Gasteiger partial charge in [-0.15, -0.1) is 0 Å². The Kier molecular flexibility index (Phi) is 3.72. The predicted molar refractivity (Wildman–Crippen MR) is 95.4 cm³/mol. The van der Waals surface area contributed by atoms with Crippen LogP contribution in [0.25, 0.3) is 24.3 Å². The first kappa shape index (κ1) is 14.4. The quantitative estimate of drug-likeness (QED) is 0.679. The van der Waals surface area contributed by atoms with Gasteiger partial charge in [0.25, 0.3) is 0 Å². The smallest absolute Gasteiger partial charge is 0.135 e. The maximum Gasteiger partial charge on any atom is 0.135 e. The molecule has 1 aliphatic rings. The van der Waals surface area contributed by atoms with Gasteiger partial charge in [-0.1, -0.05) is 67.3 Å².